The number of aliphatic carboxylic acids is 1. The quantitative estimate of drug-likeness (QED) is 0.748. The maximum absolute atomic E-state index is 11.6. The second kappa shape index (κ2) is 7.99. The molecule has 1 rings (SSSR count). The number of carbonyl (C=O) groups is 2. The Labute approximate surface area is 118 Å². The summed E-state index contributed by atoms with van der Waals surface area (Å²) in [7, 11) is 1.58. The molecule has 1 aromatic carbocycles. The molecule has 0 bridgehead atoms. The van der Waals surface area contributed by atoms with Crippen molar-refractivity contribution in [3.63, 3.8) is 0 Å². The van der Waals surface area contributed by atoms with E-state index in [-0.39, 0.29) is 0 Å². The van der Waals surface area contributed by atoms with Crippen LogP contribution in [0, 0.1) is 0 Å². The van der Waals surface area contributed by atoms with Gasteiger partial charge in [-0.3, -0.25) is 4.79 Å². The van der Waals surface area contributed by atoms with Gasteiger partial charge >= 0.3 is 5.97 Å². The molecule has 0 heterocycles. The fraction of sp³-hybridized carbons (Fsp3) is 0.333. The van der Waals surface area contributed by atoms with E-state index >= 15 is 0 Å². The lowest BCUT2D eigenvalue weighted by Gasteiger charge is -2.11. The number of benzene rings is 1. The first-order valence-corrected chi connectivity index (χ1v) is 6.42. The Kier molecular flexibility index (Phi) is 6.29. The van der Waals surface area contributed by atoms with Gasteiger partial charge in [-0.15, -0.1) is 0 Å². The monoisotopic (exact) mass is 277 g/mol. The third-order valence-electron chi connectivity index (χ3n) is 2.73. The second-order valence-electron chi connectivity index (χ2n) is 4.29. The summed E-state index contributed by atoms with van der Waals surface area (Å²) in [6.07, 6.45) is 4.06. The Balaban J connectivity index is 2.59. The summed E-state index contributed by atoms with van der Waals surface area (Å²) in [4.78, 5) is 22.6. The van der Waals surface area contributed by atoms with E-state index in [0.717, 1.165) is 11.3 Å². The molecule has 5 heteroatoms. The number of ether oxygens (including phenoxy) is 1. The van der Waals surface area contributed by atoms with Gasteiger partial charge in [-0.2, -0.15) is 0 Å². The van der Waals surface area contributed by atoms with Gasteiger partial charge in [-0.05, 0) is 30.2 Å². The molecule has 2 N–H and O–H groups in total. The van der Waals surface area contributed by atoms with Crippen molar-refractivity contribution in [3.05, 3.63) is 35.9 Å². The van der Waals surface area contributed by atoms with Crippen LogP contribution in [0.3, 0.4) is 0 Å². The molecule has 0 unspecified atom stereocenters. The molecule has 0 saturated carbocycles. The first-order valence-electron chi connectivity index (χ1n) is 6.42. The minimum absolute atomic E-state index is 0.414. The summed E-state index contributed by atoms with van der Waals surface area (Å²) in [5.41, 5.74) is 0.836. The first-order chi connectivity index (χ1) is 9.56. The highest BCUT2D eigenvalue weighted by atomic mass is 16.5. The Morgan fingerprint density at radius 3 is 2.50 bits per heavy atom. The number of carboxylic acid groups (broad SMARTS) is 1. The van der Waals surface area contributed by atoms with E-state index < -0.39 is 17.9 Å². The number of methoxy groups -OCH3 is 1. The van der Waals surface area contributed by atoms with Crippen LogP contribution in [0.2, 0.25) is 0 Å². The Bertz CT molecular complexity index is 479. The van der Waals surface area contributed by atoms with Crippen LogP contribution in [0.4, 0.5) is 0 Å². The number of carbonyl (C=O) groups excluding carboxylic acids is 1. The molecular formula is C15H19NO4. The number of amides is 1. The summed E-state index contributed by atoms with van der Waals surface area (Å²) in [5.74, 6) is -0.694. The van der Waals surface area contributed by atoms with Gasteiger partial charge in [0.25, 0.3) is 0 Å². The average molecular weight is 277 g/mol. The van der Waals surface area contributed by atoms with Crippen LogP contribution in [0.15, 0.2) is 30.3 Å². The zero-order valence-corrected chi connectivity index (χ0v) is 11.6. The minimum atomic E-state index is -1.02. The van der Waals surface area contributed by atoms with Crippen LogP contribution in [0.5, 0.6) is 5.75 Å². The molecule has 0 aromatic heterocycles. The Morgan fingerprint density at radius 2 is 2.00 bits per heavy atom. The van der Waals surface area contributed by atoms with Gasteiger partial charge in [0.1, 0.15) is 11.8 Å². The smallest absolute Gasteiger partial charge is 0.326 e. The van der Waals surface area contributed by atoms with Crippen molar-refractivity contribution in [2.75, 3.05) is 7.11 Å². The molecule has 20 heavy (non-hydrogen) atoms. The minimum Gasteiger partial charge on any atom is -0.497 e. The lowest BCUT2D eigenvalue weighted by Crippen LogP contribution is -2.39. The van der Waals surface area contributed by atoms with Gasteiger partial charge < -0.3 is 15.2 Å². The molecule has 0 aliphatic carbocycles. The van der Waals surface area contributed by atoms with Gasteiger partial charge in [0.15, 0.2) is 0 Å². The van der Waals surface area contributed by atoms with Crippen molar-refractivity contribution in [1.29, 1.82) is 0 Å². The van der Waals surface area contributed by atoms with E-state index in [9.17, 15) is 9.59 Å². The van der Waals surface area contributed by atoms with E-state index in [4.69, 9.17) is 9.84 Å². The second-order valence-corrected chi connectivity index (χ2v) is 4.29. The number of carboxylic acids is 1. The van der Waals surface area contributed by atoms with E-state index in [1.807, 2.05) is 19.1 Å². The lowest BCUT2D eigenvalue weighted by molar-refractivity contribution is -0.141. The molecule has 1 atom stereocenters. The van der Waals surface area contributed by atoms with Crippen molar-refractivity contribution in [2.45, 2.75) is 25.8 Å². The zero-order valence-electron chi connectivity index (χ0n) is 11.6. The molecule has 5 nitrogen and oxygen atoms in total. The molecule has 1 aromatic rings. The van der Waals surface area contributed by atoms with E-state index in [2.05, 4.69) is 5.32 Å². The van der Waals surface area contributed by atoms with Crippen molar-refractivity contribution >= 4 is 18.0 Å². The van der Waals surface area contributed by atoms with Crippen molar-refractivity contribution in [1.82, 2.24) is 5.32 Å². The summed E-state index contributed by atoms with van der Waals surface area (Å²) >= 11 is 0. The van der Waals surface area contributed by atoms with Gasteiger partial charge in [0.2, 0.25) is 5.91 Å². The predicted molar refractivity (Wildman–Crippen MR) is 76.5 cm³/mol. The van der Waals surface area contributed by atoms with Gasteiger partial charge in [-0.25, -0.2) is 4.79 Å². The summed E-state index contributed by atoms with van der Waals surface area (Å²) in [5, 5.41) is 11.4. The van der Waals surface area contributed by atoms with E-state index in [1.54, 1.807) is 25.3 Å². The molecule has 0 aliphatic rings. The molecule has 1 amide bonds. The third-order valence-corrected chi connectivity index (χ3v) is 2.73. The van der Waals surface area contributed by atoms with Crippen LogP contribution >= 0.6 is 0 Å². The zero-order chi connectivity index (χ0) is 15.0. The lowest BCUT2D eigenvalue weighted by atomic mass is 10.1. The van der Waals surface area contributed by atoms with Gasteiger partial charge in [0, 0.05) is 6.08 Å². The van der Waals surface area contributed by atoms with Crippen molar-refractivity contribution < 1.29 is 19.4 Å². The van der Waals surface area contributed by atoms with Crippen LogP contribution in [-0.2, 0) is 9.59 Å². The maximum Gasteiger partial charge on any atom is 0.326 e. The van der Waals surface area contributed by atoms with Crippen molar-refractivity contribution in [2.24, 2.45) is 0 Å². The normalized spacial score (nSPS) is 12.1. The molecular weight excluding hydrogens is 258 g/mol. The molecule has 0 spiro atoms. The molecule has 0 radical (unpaired) electrons. The Morgan fingerprint density at radius 1 is 1.35 bits per heavy atom. The van der Waals surface area contributed by atoms with E-state index in [0.29, 0.717) is 12.8 Å². The first kappa shape index (κ1) is 15.8. The van der Waals surface area contributed by atoms with Gasteiger partial charge in [-0.1, -0.05) is 25.5 Å². The van der Waals surface area contributed by atoms with Crippen molar-refractivity contribution in [3.8, 4) is 5.75 Å². The molecule has 0 saturated heterocycles. The van der Waals surface area contributed by atoms with Crippen LogP contribution < -0.4 is 10.1 Å². The number of hydrogen-bond acceptors (Lipinski definition) is 3. The topological polar surface area (TPSA) is 75.6 Å². The summed E-state index contributed by atoms with van der Waals surface area (Å²) in [6, 6.07) is 6.35. The highest BCUT2D eigenvalue weighted by molar-refractivity contribution is 5.94. The molecule has 0 fully saturated rings. The maximum atomic E-state index is 11.6. The predicted octanol–water partition coefficient (Wildman–Crippen LogP) is 2.08. The summed E-state index contributed by atoms with van der Waals surface area (Å²) < 4.78 is 5.03. The standard InChI is InChI=1S/C15H19NO4/c1-3-4-13(15(18)19)16-14(17)10-7-11-5-8-12(20-2)9-6-11/h5-10,13H,3-4H2,1-2H3,(H,16,17)(H,18,19)/b10-7+/t13-/m0/s1. The largest absolute Gasteiger partial charge is 0.497 e. The molecule has 108 valence electrons. The fourth-order valence-corrected chi connectivity index (χ4v) is 1.65. The highest BCUT2D eigenvalue weighted by Gasteiger charge is 2.17. The number of nitrogens with one attached hydrogen (secondary N) is 1. The SMILES string of the molecule is CCC[C@H](NC(=O)/C=C/c1ccc(OC)cc1)C(=O)O. The Hall–Kier alpha value is -2.30. The number of rotatable bonds is 7. The highest BCUT2D eigenvalue weighted by Crippen LogP contribution is 2.12. The van der Waals surface area contributed by atoms with Gasteiger partial charge in [0.05, 0.1) is 7.11 Å². The average Bonchev–Trinajstić information content (AvgIpc) is 2.45. The molecule has 0 aliphatic heterocycles. The summed E-state index contributed by atoms with van der Waals surface area (Å²) in [6.45, 7) is 1.87. The van der Waals surface area contributed by atoms with E-state index in [1.165, 1.54) is 6.08 Å². The van der Waals surface area contributed by atoms with Crippen LogP contribution in [0.1, 0.15) is 25.3 Å². The van der Waals surface area contributed by atoms with Crippen LogP contribution in [-0.4, -0.2) is 30.1 Å². The third kappa shape index (κ3) is 5.14. The van der Waals surface area contributed by atoms with Crippen LogP contribution in [0.25, 0.3) is 6.08 Å². The fourth-order valence-electron chi connectivity index (χ4n) is 1.65. The number of hydrogen-bond donors (Lipinski definition) is 2.